The van der Waals surface area contributed by atoms with Gasteiger partial charge < -0.3 is 20.0 Å². The van der Waals surface area contributed by atoms with E-state index in [2.05, 4.69) is 10.6 Å². The van der Waals surface area contributed by atoms with E-state index in [1.165, 1.54) is 17.6 Å². The van der Waals surface area contributed by atoms with Crippen LogP contribution in [0.2, 0.25) is 0 Å². The number of amides is 3. The Kier molecular flexibility index (Phi) is 5.94. The van der Waals surface area contributed by atoms with Crippen LogP contribution >= 0.6 is 11.3 Å². The van der Waals surface area contributed by atoms with Crippen molar-refractivity contribution in [3.05, 3.63) is 71.0 Å². The number of rotatable bonds is 6. The van der Waals surface area contributed by atoms with E-state index in [1.54, 1.807) is 24.3 Å². The number of furan rings is 1. The van der Waals surface area contributed by atoms with Crippen LogP contribution in [-0.2, 0) is 11.3 Å². The predicted octanol–water partition coefficient (Wildman–Crippen LogP) is 4.36. The molecule has 0 aliphatic carbocycles. The van der Waals surface area contributed by atoms with Crippen molar-refractivity contribution in [1.82, 2.24) is 4.90 Å². The molecule has 0 saturated carbocycles. The molecular formula is C22H21N3O4S. The van der Waals surface area contributed by atoms with E-state index in [0.29, 0.717) is 28.5 Å². The molecule has 2 N–H and O–H groups in total. The summed E-state index contributed by atoms with van der Waals surface area (Å²) in [4.78, 5) is 39.0. The van der Waals surface area contributed by atoms with Gasteiger partial charge in [0.2, 0.25) is 5.91 Å². The van der Waals surface area contributed by atoms with Crippen LogP contribution < -0.4 is 10.6 Å². The van der Waals surface area contributed by atoms with Crippen molar-refractivity contribution in [3.63, 3.8) is 0 Å². The van der Waals surface area contributed by atoms with Gasteiger partial charge in [0.25, 0.3) is 11.8 Å². The summed E-state index contributed by atoms with van der Waals surface area (Å²) < 4.78 is 5.06. The minimum absolute atomic E-state index is 0.179. The highest BCUT2D eigenvalue weighted by Crippen LogP contribution is 2.24. The summed E-state index contributed by atoms with van der Waals surface area (Å²) in [6.45, 7) is 1.32. The SMILES string of the molecule is O=C(Nc1ccc(C(=O)Nc2cccc(CN3CCCCC3=O)c2)s1)c1ccco1. The molecule has 8 heteroatoms. The number of thiophene rings is 1. The molecule has 1 saturated heterocycles. The predicted molar refractivity (Wildman–Crippen MR) is 115 cm³/mol. The highest BCUT2D eigenvalue weighted by Gasteiger charge is 2.18. The molecular weight excluding hydrogens is 402 g/mol. The fourth-order valence-corrected chi connectivity index (χ4v) is 4.09. The Bertz CT molecular complexity index is 1060. The highest BCUT2D eigenvalue weighted by atomic mass is 32.1. The quantitative estimate of drug-likeness (QED) is 0.616. The van der Waals surface area contributed by atoms with Crippen molar-refractivity contribution in [3.8, 4) is 0 Å². The Morgan fingerprint density at radius 3 is 2.73 bits per heavy atom. The van der Waals surface area contributed by atoms with Gasteiger partial charge in [-0.15, -0.1) is 11.3 Å². The van der Waals surface area contributed by atoms with Gasteiger partial charge in [0, 0.05) is 25.2 Å². The van der Waals surface area contributed by atoms with Crippen molar-refractivity contribution in [1.29, 1.82) is 0 Å². The van der Waals surface area contributed by atoms with Gasteiger partial charge in [-0.05, 0) is 54.8 Å². The van der Waals surface area contributed by atoms with Gasteiger partial charge in [0.15, 0.2) is 5.76 Å². The molecule has 0 radical (unpaired) electrons. The number of nitrogens with zero attached hydrogens (tertiary/aromatic N) is 1. The summed E-state index contributed by atoms with van der Waals surface area (Å²) in [5.41, 5.74) is 1.64. The van der Waals surface area contributed by atoms with Crippen LogP contribution in [0.1, 0.15) is 45.1 Å². The number of carbonyl (C=O) groups excluding carboxylic acids is 3. The monoisotopic (exact) mass is 423 g/mol. The van der Waals surface area contributed by atoms with E-state index >= 15 is 0 Å². The third-order valence-electron chi connectivity index (χ3n) is 4.79. The Hall–Kier alpha value is -3.39. The van der Waals surface area contributed by atoms with Crippen molar-refractivity contribution in [2.45, 2.75) is 25.8 Å². The van der Waals surface area contributed by atoms with Crippen LogP contribution in [0.3, 0.4) is 0 Å². The molecule has 1 aromatic carbocycles. The molecule has 3 aromatic rings. The Morgan fingerprint density at radius 2 is 1.93 bits per heavy atom. The summed E-state index contributed by atoms with van der Waals surface area (Å²) in [5, 5.41) is 6.14. The van der Waals surface area contributed by atoms with Crippen molar-refractivity contribution in [2.75, 3.05) is 17.2 Å². The lowest BCUT2D eigenvalue weighted by Crippen LogP contribution is -2.34. The molecule has 1 fully saturated rings. The van der Waals surface area contributed by atoms with E-state index in [-0.39, 0.29) is 23.5 Å². The van der Waals surface area contributed by atoms with Gasteiger partial charge in [-0.25, -0.2) is 0 Å². The van der Waals surface area contributed by atoms with Crippen molar-refractivity contribution >= 4 is 39.7 Å². The van der Waals surface area contributed by atoms with Gasteiger partial charge in [0.1, 0.15) is 0 Å². The van der Waals surface area contributed by atoms with Gasteiger partial charge in [0.05, 0.1) is 16.1 Å². The normalized spacial score (nSPS) is 13.9. The van der Waals surface area contributed by atoms with Gasteiger partial charge in [-0.1, -0.05) is 12.1 Å². The molecule has 3 amide bonds. The molecule has 0 bridgehead atoms. The zero-order valence-electron chi connectivity index (χ0n) is 16.2. The van der Waals surface area contributed by atoms with Crippen LogP contribution in [-0.4, -0.2) is 29.2 Å². The van der Waals surface area contributed by atoms with Gasteiger partial charge >= 0.3 is 0 Å². The largest absolute Gasteiger partial charge is 0.459 e. The zero-order chi connectivity index (χ0) is 20.9. The molecule has 154 valence electrons. The fourth-order valence-electron chi connectivity index (χ4n) is 3.30. The molecule has 0 atom stereocenters. The third kappa shape index (κ3) is 4.77. The Morgan fingerprint density at radius 1 is 1.03 bits per heavy atom. The number of likely N-dealkylation sites (tertiary alicyclic amines) is 1. The molecule has 4 rings (SSSR count). The molecule has 7 nitrogen and oxygen atoms in total. The number of piperidine rings is 1. The number of nitrogens with one attached hydrogen (secondary N) is 2. The number of hydrogen-bond acceptors (Lipinski definition) is 5. The maximum Gasteiger partial charge on any atom is 0.291 e. The number of benzene rings is 1. The van der Waals surface area contributed by atoms with Crippen LogP contribution in [0.25, 0.3) is 0 Å². The topological polar surface area (TPSA) is 91.7 Å². The fraction of sp³-hybridized carbons (Fsp3) is 0.227. The number of anilines is 2. The summed E-state index contributed by atoms with van der Waals surface area (Å²) in [5.74, 6) is -0.240. The van der Waals surface area contributed by atoms with Crippen LogP contribution in [0.4, 0.5) is 10.7 Å². The first kappa shape index (κ1) is 19.9. The lowest BCUT2D eigenvalue weighted by molar-refractivity contribution is -0.133. The van der Waals surface area contributed by atoms with E-state index in [1.807, 2.05) is 29.2 Å². The van der Waals surface area contributed by atoms with Crippen molar-refractivity contribution < 1.29 is 18.8 Å². The zero-order valence-corrected chi connectivity index (χ0v) is 17.0. The molecule has 0 unspecified atom stereocenters. The van der Waals surface area contributed by atoms with Crippen molar-refractivity contribution in [2.24, 2.45) is 0 Å². The lowest BCUT2D eigenvalue weighted by Gasteiger charge is -2.26. The van der Waals surface area contributed by atoms with E-state index in [9.17, 15) is 14.4 Å². The summed E-state index contributed by atoms with van der Waals surface area (Å²) >= 11 is 1.18. The van der Waals surface area contributed by atoms with Gasteiger partial charge in [-0.3, -0.25) is 14.4 Å². The standard InChI is InChI=1S/C22H21N3O4S/c26-20-8-1-2-11-25(20)14-15-5-3-6-16(13-15)23-22(28)18-9-10-19(30-18)24-21(27)17-7-4-12-29-17/h3-7,9-10,12-13H,1-2,8,11,14H2,(H,23,28)(H,24,27). The highest BCUT2D eigenvalue weighted by molar-refractivity contribution is 7.18. The summed E-state index contributed by atoms with van der Waals surface area (Å²) in [7, 11) is 0. The number of hydrogen-bond donors (Lipinski definition) is 2. The second-order valence-electron chi connectivity index (χ2n) is 7.02. The lowest BCUT2D eigenvalue weighted by atomic mass is 10.1. The molecule has 3 heterocycles. The molecule has 2 aromatic heterocycles. The first-order chi connectivity index (χ1) is 14.6. The van der Waals surface area contributed by atoms with E-state index in [0.717, 1.165) is 24.9 Å². The maximum atomic E-state index is 12.6. The third-order valence-corrected chi connectivity index (χ3v) is 5.79. The Balaban J connectivity index is 1.37. The smallest absolute Gasteiger partial charge is 0.291 e. The first-order valence-corrected chi connectivity index (χ1v) is 10.5. The van der Waals surface area contributed by atoms with E-state index < -0.39 is 0 Å². The average molecular weight is 423 g/mol. The average Bonchev–Trinajstić information content (AvgIpc) is 3.42. The second kappa shape index (κ2) is 8.96. The minimum Gasteiger partial charge on any atom is -0.459 e. The summed E-state index contributed by atoms with van der Waals surface area (Å²) in [6.07, 6.45) is 4.01. The summed E-state index contributed by atoms with van der Waals surface area (Å²) in [6, 6.07) is 14.1. The van der Waals surface area contributed by atoms with Crippen LogP contribution in [0.5, 0.6) is 0 Å². The van der Waals surface area contributed by atoms with Crippen LogP contribution in [0.15, 0.2) is 59.2 Å². The first-order valence-electron chi connectivity index (χ1n) is 9.71. The number of carbonyl (C=O) groups is 3. The molecule has 0 spiro atoms. The molecule has 1 aliphatic heterocycles. The Labute approximate surface area is 177 Å². The second-order valence-corrected chi connectivity index (χ2v) is 8.11. The maximum absolute atomic E-state index is 12.6. The van der Waals surface area contributed by atoms with E-state index in [4.69, 9.17) is 4.42 Å². The molecule has 1 aliphatic rings. The van der Waals surface area contributed by atoms with Crippen LogP contribution in [0, 0.1) is 0 Å². The minimum atomic E-state index is -0.367. The molecule has 30 heavy (non-hydrogen) atoms. The van der Waals surface area contributed by atoms with Gasteiger partial charge in [-0.2, -0.15) is 0 Å².